The molecule has 1 aromatic carbocycles. The number of aromatic nitrogens is 3. The molecule has 7 nitrogen and oxygen atoms in total. The maximum Gasteiger partial charge on any atom is 0.273 e. The van der Waals surface area contributed by atoms with Crippen LogP contribution in [0.1, 0.15) is 40.5 Å². The number of benzene rings is 1. The average molecular weight is 329 g/mol. The average Bonchev–Trinajstić information content (AvgIpc) is 3.11. The summed E-state index contributed by atoms with van der Waals surface area (Å²) in [5.41, 5.74) is 2.40. The first-order valence-corrected chi connectivity index (χ1v) is 8.21. The van der Waals surface area contributed by atoms with Crippen molar-refractivity contribution in [2.24, 2.45) is 0 Å². The Morgan fingerprint density at radius 3 is 2.96 bits per heavy atom. The van der Waals surface area contributed by atoms with Crippen LogP contribution < -0.4 is 15.4 Å². The molecule has 0 unspecified atom stereocenters. The maximum absolute atomic E-state index is 12.3. The second-order valence-corrected chi connectivity index (χ2v) is 6.06. The number of ether oxygens (including phenoxy) is 1. The fraction of sp³-hybridized carbons (Fsp3) is 0.471. The Labute approximate surface area is 141 Å². The lowest BCUT2D eigenvalue weighted by Crippen LogP contribution is -2.29. The first kappa shape index (κ1) is 16.4. The summed E-state index contributed by atoms with van der Waals surface area (Å²) in [4.78, 5) is 12.3. The molecule has 2 aromatic rings. The van der Waals surface area contributed by atoms with E-state index in [0.717, 1.165) is 42.8 Å². The minimum Gasteiger partial charge on any atom is -0.496 e. The molecule has 1 saturated heterocycles. The van der Waals surface area contributed by atoms with Crippen molar-refractivity contribution >= 4 is 5.91 Å². The van der Waals surface area contributed by atoms with Crippen molar-refractivity contribution in [3.8, 4) is 5.75 Å². The predicted octanol–water partition coefficient (Wildman–Crippen LogP) is 1.45. The zero-order chi connectivity index (χ0) is 16.9. The van der Waals surface area contributed by atoms with Crippen LogP contribution in [0.5, 0.6) is 5.75 Å². The molecule has 1 amide bonds. The van der Waals surface area contributed by atoms with E-state index in [2.05, 4.69) is 20.9 Å². The Bertz CT molecular complexity index is 707. The lowest BCUT2D eigenvalue weighted by Gasteiger charge is -2.22. The Hall–Kier alpha value is -2.41. The number of amides is 1. The van der Waals surface area contributed by atoms with Crippen molar-refractivity contribution in [1.29, 1.82) is 0 Å². The highest BCUT2D eigenvalue weighted by Gasteiger charge is 2.18. The zero-order valence-corrected chi connectivity index (χ0v) is 14.1. The van der Waals surface area contributed by atoms with Gasteiger partial charge in [-0.15, -0.1) is 5.10 Å². The van der Waals surface area contributed by atoms with E-state index in [1.165, 1.54) is 0 Å². The number of rotatable bonds is 5. The van der Waals surface area contributed by atoms with E-state index < -0.39 is 0 Å². The molecule has 0 spiro atoms. The summed E-state index contributed by atoms with van der Waals surface area (Å²) in [6, 6.07) is 6.23. The number of hydrogen-bond acceptors (Lipinski definition) is 5. The summed E-state index contributed by atoms with van der Waals surface area (Å²) >= 11 is 0. The SMILES string of the molecule is COc1cc(C)ccc1CNC(=O)c1cn(C2CCNCC2)nn1. The van der Waals surface area contributed by atoms with Gasteiger partial charge in [0.05, 0.1) is 19.3 Å². The summed E-state index contributed by atoms with van der Waals surface area (Å²) in [6.45, 7) is 4.34. The number of hydrogen-bond donors (Lipinski definition) is 2. The van der Waals surface area contributed by atoms with E-state index in [1.807, 2.05) is 29.8 Å². The summed E-state index contributed by atoms with van der Waals surface area (Å²) in [5, 5.41) is 14.3. The molecule has 0 bridgehead atoms. The highest BCUT2D eigenvalue weighted by molar-refractivity contribution is 5.91. The van der Waals surface area contributed by atoms with Crippen LogP contribution >= 0.6 is 0 Å². The first-order chi connectivity index (χ1) is 11.7. The Morgan fingerprint density at radius 2 is 2.21 bits per heavy atom. The number of piperidine rings is 1. The Kier molecular flexibility index (Phi) is 5.10. The van der Waals surface area contributed by atoms with Crippen LogP contribution in [0, 0.1) is 6.92 Å². The lowest BCUT2D eigenvalue weighted by molar-refractivity contribution is 0.0945. The van der Waals surface area contributed by atoms with Crippen LogP contribution in [0.15, 0.2) is 24.4 Å². The van der Waals surface area contributed by atoms with Gasteiger partial charge in [-0.3, -0.25) is 4.79 Å². The summed E-state index contributed by atoms with van der Waals surface area (Å²) in [7, 11) is 1.63. The van der Waals surface area contributed by atoms with Gasteiger partial charge in [-0.2, -0.15) is 0 Å². The van der Waals surface area contributed by atoms with E-state index in [4.69, 9.17) is 4.74 Å². The highest BCUT2D eigenvalue weighted by atomic mass is 16.5. The normalized spacial score (nSPS) is 15.2. The fourth-order valence-corrected chi connectivity index (χ4v) is 2.89. The van der Waals surface area contributed by atoms with Crippen molar-refractivity contribution < 1.29 is 9.53 Å². The molecule has 1 fully saturated rings. The minimum absolute atomic E-state index is 0.224. The van der Waals surface area contributed by atoms with Crippen molar-refractivity contribution in [2.45, 2.75) is 32.4 Å². The standard InChI is InChI=1S/C17H23N5O2/c1-12-3-4-13(16(9-12)24-2)10-19-17(23)15-11-22(21-20-15)14-5-7-18-8-6-14/h3-4,9,11,14,18H,5-8,10H2,1-2H3,(H,19,23). The number of carbonyl (C=O) groups is 1. The molecule has 1 aromatic heterocycles. The van der Waals surface area contributed by atoms with Gasteiger partial charge < -0.3 is 15.4 Å². The van der Waals surface area contributed by atoms with Crippen molar-refractivity contribution in [2.75, 3.05) is 20.2 Å². The van der Waals surface area contributed by atoms with E-state index in [1.54, 1.807) is 13.3 Å². The van der Waals surface area contributed by atoms with Crippen LogP contribution in [0.4, 0.5) is 0 Å². The van der Waals surface area contributed by atoms with E-state index in [9.17, 15) is 4.79 Å². The quantitative estimate of drug-likeness (QED) is 0.868. The first-order valence-electron chi connectivity index (χ1n) is 8.21. The van der Waals surface area contributed by atoms with Gasteiger partial charge in [0.2, 0.25) is 0 Å². The molecule has 7 heteroatoms. The van der Waals surface area contributed by atoms with Gasteiger partial charge in [0, 0.05) is 12.1 Å². The van der Waals surface area contributed by atoms with Crippen LogP contribution in [0.3, 0.4) is 0 Å². The highest BCUT2D eigenvalue weighted by Crippen LogP contribution is 2.20. The van der Waals surface area contributed by atoms with Crippen molar-refractivity contribution in [3.63, 3.8) is 0 Å². The lowest BCUT2D eigenvalue weighted by atomic mass is 10.1. The molecule has 128 valence electrons. The third kappa shape index (κ3) is 3.73. The van der Waals surface area contributed by atoms with Crippen LogP contribution in [-0.4, -0.2) is 41.1 Å². The molecule has 2 heterocycles. The number of nitrogens with one attached hydrogen (secondary N) is 2. The molecule has 0 aliphatic carbocycles. The number of carbonyl (C=O) groups excluding carboxylic acids is 1. The second kappa shape index (κ2) is 7.44. The molecular formula is C17H23N5O2. The van der Waals surface area contributed by atoms with Gasteiger partial charge in [0.25, 0.3) is 5.91 Å². The van der Waals surface area contributed by atoms with E-state index in [-0.39, 0.29) is 5.91 Å². The molecule has 0 atom stereocenters. The molecule has 0 saturated carbocycles. The topological polar surface area (TPSA) is 81.1 Å². The number of nitrogens with zero attached hydrogens (tertiary/aromatic N) is 3. The van der Waals surface area contributed by atoms with Crippen molar-refractivity contribution in [3.05, 3.63) is 41.2 Å². The number of aryl methyl sites for hydroxylation is 1. The minimum atomic E-state index is -0.224. The molecule has 0 radical (unpaired) electrons. The van der Waals surface area contributed by atoms with E-state index in [0.29, 0.717) is 18.3 Å². The molecule has 3 rings (SSSR count). The molecule has 24 heavy (non-hydrogen) atoms. The third-order valence-corrected chi connectivity index (χ3v) is 4.31. The largest absolute Gasteiger partial charge is 0.496 e. The van der Waals surface area contributed by atoms with Gasteiger partial charge in [-0.1, -0.05) is 17.3 Å². The van der Waals surface area contributed by atoms with Gasteiger partial charge in [-0.25, -0.2) is 4.68 Å². The number of methoxy groups -OCH3 is 1. The smallest absolute Gasteiger partial charge is 0.273 e. The Morgan fingerprint density at radius 1 is 1.42 bits per heavy atom. The molecular weight excluding hydrogens is 306 g/mol. The third-order valence-electron chi connectivity index (χ3n) is 4.31. The van der Waals surface area contributed by atoms with Gasteiger partial charge in [0.15, 0.2) is 5.69 Å². The predicted molar refractivity (Wildman–Crippen MR) is 90.1 cm³/mol. The Balaban J connectivity index is 1.62. The van der Waals surface area contributed by atoms with E-state index >= 15 is 0 Å². The van der Waals surface area contributed by atoms with Crippen LogP contribution in [0.25, 0.3) is 0 Å². The zero-order valence-electron chi connectivity index (χ0n) is 14.1. The summed E-state index contributed by atoms with van der Waals surface area (Å²) in [6.07, 6.45) is 3.74. The molecule has 1 aliphatic heterocycles. The second-order valence-electron chi connectivity index (χ2n) is 6.06. The van der Waals surface area contributed by atoms with Crippen LogP contribution in [0.2, 0.25) is 0 Å². The monoisotopic (exact) mass is 329 g/mol. The van der Waals surface area contributed by atoms with Gasteiger partial charge in [0.1, 0.15) is 5.75 Å². The van der Waals surface area contributed by atoms with Gasteiger partial charge >= 0.3 is 0 Å². The fourth-order valence-electron chi connectivity index (χ4n) is 2.89. The van der Waals surface area contributed by atoms with Crippen LogP contribution in [-0.2, 0) is 6.54 Å². The van der Waals surface area contributed by atoms with Gasteiger partial charge in [-0.05, 0) is 44.5 Å². The maximum atomic E-state index is 12.3. The van der Waals surface area contributed by atoms with Crippen molar-refractivity contribution in [1.82, 2.24) is 25.6 Å². The summed E-state index contributed by atoms with van der Waals surface area (Å²) in [5.74, 6) is 0.548. The molecule has 1 aliphatic rings. The molecule has 2 N–H and O–H groups in total. The summed E-state index contributed by atoms with van der Waals surface area (Å²) < 4.78 is 7.17.